The van der Waals surface area contributed by atoms with Gasteiger partial charge in [0.2, 0.25) is 0 Å². The lowest BCUT2D eigenvalue weighted by Crippen LogP contribution is -2.38. The highest BCUT2D eigenvalue weighted by Gasteiger charge is 2.30. The van der Waals surface area contributed by atoms with E-state index in [1.165, 1.54) is 10.4 Å². The van der Waals surface area contributed by atoms with Gasteiger partial charge in [-0.3, -0.25) is 9.48 Å². The molecule has 0 saturated carbocycles. The number of pyridine rings is 1. The molecule has 0 spiro atoms. The Kier molecular flexibility index (Phi) is 3.46. The van der Waals surface area contributed by atoms with Crippen molar-refractivity contribution in [3.05, 3.63) is 44.9 Å². The highest BCUT2D eigenvalue weighted by atomic mass is 32.1. The minimum Gasteiger partial charge on any atom is -0.331 e. The summed E-state index contributed by atoms with van der Waals surface area (Å²) in [6, 6.07) is 4.15. The fourth-order valence-electron chi connectivity index (χ4n) is 3.68. The van der Waals surface area contributed by atoms with Gasteiger partial charge in [0.25, 0.3) is 5.91 Å². The van der Waals surface area contributed by atoms with Crippen LogP contribution in [0.1, 0.15) is 45.2 Å². The Bertz CT molecular complexity index is 955. The first-order chi connectivity index (χ1) is 11.5. The number of carbonyl (C=O) groups is 1. The summed E-state index contributed by atoms with van der Waals surface area (Å²) < 4.78 is 1.76. The minimum absolute atomic E-state index is 0.0750. The SMILES string of the molecule is Cc1cc(C(=O)N2CCc3sccc3[C@H]2C)c2c(C)nn(C)c2n1. The highest BCUT2D eigenvalue weighted by molar-refractivity contribution is 7.10. The summed E-state index contributed by atoms with van der Waals surface area (Å²) in [4.78, 5) is 21.3. The number of nitrogens with zero attached hydrogens (tertiary/aromatic N) is 4. The van der Waals surface area contributed by atoms with E-state index in [0.29, 0.717) is 5.56 Å². The van der Waals surface area contributed by atoms with Crippen LogP contribution in [0.25, 0.3) is 11.0 Å². The number of amides is 1. The number of rotatable bonds is 1. The van der Waals surface area contributed by atoms with E-state index in [2.05, 4.69) is 28.5 Å². The predicted molar refractivity (Wildman–Crippen MR) is 95.5 cm³/mol. The molecule has 0 N–H and O–H groups in total. The fourth-order valence-corrected chi connectivity index (χ4v) is 4.64. The molecule has 1 atom stereocenters. The quantitative estimate of drug-likeness (QED) is 0.682. The van der Waals surface area contributed by atoms with Crippen molar-refractivity contribution >= 4 is 28.3 Å². The molecule has 3 aromatic rings. The normalized spacial score (nSPS) is 17.3. The van der Waals surface area contributed by atoms with Crippen LogP contribution in [0.2, 0.25) is 0 Å². The molecule has 5 nitrogen and oxygen atoms in total. The standard InChI is InChI=1S/C18H20N4OS/c1-10-9-14(16-11(2)20-21(4)17(16)19-10)18(23)22-7-5-15-13(12(22)3)6-8-24-15/h6,8-9,12H,5,7H2,1-4H3/t12-/m1/s1. The van der Waals surface area contributed by atoms with Gasteiger partial charge >= 0.3 is 0 Å². The maximum Gasteiger partial charge on any atom is 0.255 e. The third-order valence-electron chi connectivity index (χ3n) is 4.87. The molecule has 0 radical (unpaired) electrons. The summed E-state index contributed by atoms with van der Waals surface area (Å²) in [6.45, 7) is 6.74. The van der Waals surface area contributed by atoms with Crippen molar-refractivity contribution in [1.29, 1.82) is 0 Å². The molecule has 124 valence electrons. The molecule has 0 aliphatic carbocycles. The summed E-state index contributed by atoms with van der Waals surface area (Å²) in [6.07, 6.45) is 0.933. The topological polar surface area (TPSA) is 51.0 Å². The van der Waals surface area contributed by atoms with Crippen molar-refractivity contribution in [2.45, 2.75) is 33.2 Å². The molecular formula is C18H20N4OS. The van der Waals surface area contributed by atoms with Gasteiger partial charge in [0.05, 0.1) is 22.7 Å². The maximum atomic E-state index is 13.3. The molecule has 0 aromatic carbocycles. The molecule has 4 rings (SSSR count). The average molecular weight is 340 g/mol. The molecule has 0 saturated heterocycles. The Hall–Kier alpha value is -2.21. The van der Waals surface area contributed by atoms with Gasteiger partial charge in [0.15, 0.2) is 5.65 Å². The van der Waals surface area contributed by atoms with Crippen LogP contribution in [0.15, 0.2) is 17.5 Å². The summed E-state index contributed by atoms with van der Waals surface area (Å²) in [5.41, 5.74) is 4.47. The molecule has 0 bridgehead atoms. The van der Waals surface area contributed by atoms with E-state index in [1.54, 1.807) is 16.0 Å². The average Bonchev–Trinajstić information content (AvgIpc) is 3.12. The summed E-state index contributed by atoms with van der Waals surface area (Å²) in [5, 5.41) is 7.44. The zero-order valence-electron chi connectivity index (χ0n) is 14.3. The van der Waals surface area contributed by atoms with Crippen LogP contribution in [-0.2, 0) is 13.5 Å². The second kappa shape index (κ2) is 5.41. The van der Waals surface area contributed by atoms with Crippen molar-refractivity contribution in [1.82, 2.24) is 19.7 Å². The Balaban J connectivity index is 1.82. The second-order valence-electron chi connectivity index (χ2n) is 6.44. The largest absolute Gasteiger partial charge is 0.331 e. The first-order valence-corrected chi connectivity index (χ1v) is 9.03. The lowest BCUT2D eigenvalue weighted by atomic mass is 9.99. The van der Waals surface area contributed by atoms with Gasteiger partial charge in [-0.2, -0.15) is 5.10 Å². The zero-order valence-corrected chi connectivity index (χ0v) is 15.1. The third kappa shape index (κ3) is 2.17. The molecule has 0 fully saturated rings. The van der Waals surface area contributed by atoms with Crippen molar-refractivity contribution in [2.24, 2.45) is 7.05 Å². The number of hydrogen-bond acceptors (Lipinski definition) is 4. The Morgan fingerprint density at radius 2 is 2.17 bits per heavy atom. The van der Waals surface area contributed by atoms with Gasteiger partial charge in [-0.15, -0.1) is 11.3 Å². The number of carbonyl (C=O) groups excluding carboxylic acids is 1. The number of hydrogen-bond donors (Lipinski definition) is 0. The molecule has 3 aromatic heterocycles. The summed E-state index contributed by atoms with van der Waals surface area (Å²) >= 11 is 1.79. The van der Waals surface area contributed by atoms with E-state index in [4.69, 9.17) is 0 Å². The Morgan fingerprint density at radius 3 is 2.96 bits per heavy atom. The van der Waals surface area contributed by atoms with Gasteiger partial charge in [-0.1, -0.05) is 0 Å². The van der Waals surface area contributed by atoms with E-state index in [9.17, 15) is 4.79 Å². The van der Waals surface area contributed by atoms with Gasteiger partial charge in [0.1, 0.15) is 0 Å². The predicted octanol–water partition coefficient (Wildman–Crippen LogP) is 3.41. The van der Waals surface area contributed by atoms with Gasteiger partial charge in [0, 0.05) is 24.2 Å². The molecule has 1 aliphatic rings. The molecular weight excluding hydrogens is 320 g/mol. The molecule has 1 amide bonds. The highest BCUT2D eigenvalue weighted by Crippen LogP contribution is 2.34. The van der Waals surface area contributed by atoms with Crippen molar-refractivity contribution in [2.75, 3.05) is 6.54 Å². The van der Waals surface area contributed by atoms with E-state index in [0.717, 1.165) is 35.4 Å². The van der Waals surface area contributed by atoms with Crippen LogP contribution in [0.3, 0.4) is 0 Å². The first-order valence-electron chi connectivity index (χ1n) is 8.15. The lowest BCUT2D eigenvalue weighted by Gasteiger charge is -2.34. The van der Waals surface area contributed by atoms with Gasteiger partial charge in [-0.25, -0.2) is 4.98 Å². The van der Waals surface area contributed by atoms with Gasteiger partial charge in [-0.05, 0) is 50.3 Å². The summed E-state index contributed by atoms with van der Waals surface area (Å²) in [5.74, 6) is 0.0750. The van der Waals surface area contributed by atoms with Crippen molar-refractivity contribution < 1.29 is 4.79 Å². The first kappa shape index (κ1) is 15.3. The van der Waals surface area contributed by atoms with Crippen LogP contribution < -0.4 is 0 Å². The molecule has 24 heavy (non-hydrogen) atoms. The van der Waals surface area contributed by atoms with Crippen molar-refractivity contribution in [3.63, 3.8) is 0 Å². The van der Waals surface area contributed by atoms with E-state index < -0.39 is 0 Å². The number of thiophene rings is 1. The van der Waals surface area contributed by atoms with Crippen LogP contribution in [0.4, 0.5) is 0 Å². The zero-order chi connectivity index (χ0) is 17.0. The number of aromatic nitrogens is 3. The second-order valence-corrected chi connectivity index (χ2v) is 7.44. The minimum atomic E-state index is 0.0750. The molecule has 6 heteroatoms. The van der Waals surface area contributed by atoms with Crippen LogP contribution in [-0.4, -0.2) is 32.1 Å². The molecule has 4 heterocycles. The van der Waals surface area contributed by atoms with E-state index >= 15 is 0 Å². The number of aryl methyl sites for hydroxylation is 3. The lowest BCUT2D eigenvalue weighted by molar-refractivity contribution is 0.0681. The van der Waals surface area contributed by atoms with Gasteiger partial charge < -0.3 is 4.90 Å². The summed E-state index contributed by atoms with van der Waals surface area (Å²) in [7, 11) is 1.87. The fraction of sp³-hybridized carbons (Fsp3) is 0.389. The van der Waals surface area contributed by atoms with E-state index in [-0.39, 0.29) is 11.9 Å². The van der Waals surface area contributed by atoms with Crippen molar-refractivity contribution in [3.8, 4) is 0 Å². The maximum absolute atomic E-state index is 13.3. The van der Waals surface area contributed by atoms with Crippen LogP contribution in [0, 0.1) is 13.8 Å². The molecule has 0 unspecified atom stereocenters. The van der Waals surface area contributed by atoms with Crippen LogP contribution >= 0.6 is 11.3 Å². The monoisotopic (exact) mass is 340 g/mol. The smallest absolute Gasteiger partial charge is 0.255 e. The third-order valence-corrected chi connectivity index (χ3v) is 5.86. The van der Waals surface area contributed by atoms with E-state index in [1.807, 2.05) is 31.9 Å². The Labute approximate surface area is 144 Å². The number of fused-ring (bicyclic) bond motifs is 2. The van der Waals surface area contributed by atoms with Crippen LogP contribution in [0.5, 0.6) is 0 Å². The molecule has 1 aliphatic heterocycles. The Morgan fingerprint density at radius 1 is 1.38 bits per heavy atom.